The number of allylic oxidation sites excluding steroid dienone is 1. The molecule has 1 saturated heterocycles. The zero-order valence-corrected chi connectivity index (χ0v) is 8.30. The van der Waals surface area contributed by atoms with Gasteiger partial charge in [-0.15, -0.1) is 0 Å². The Kier molecular flexibility index (Phi) is 3.48. The molecule has 0 aliphatic carbocycles. The molecule has 1 fully saturated rings. The Morgan fingerprint density at radius 3 is 2.92 bits per heavy atom. The van der Waals surface area contributed by atoms with Crippen LogP contribution in [0.4, 0.5) is 0 Å². The van der Waals surface area contributed by atoms with Crippen LogP contribution in [0.15, 0.2) is 16.6 Å². The molecule has 0 radical (unpaired) electrons. The van der Waals surface area contributed by atoms with Gasteiger partial charge in [-0.2, -0.15) is 0 Å². The summed E-state index contributed by atoms with van der Waals surface area (Å²) >= 11 is 0. The highest BCUT2D eigenvalue weighted by Crippen LogP contribution is 2.12. The van der Waals surface area contributed by atoms with E-state index >= 15 is 0 Å². The van der Waals surface area contributed by atoms with E-state index in [-0.39, 0.29) is 0 Å². The van der Waals surface area contributed by atoms with Gasteiger partial charge in [0.2, 0.25) is 0 Å². The Bertz CT molecular complexity index is 204. The number of likely N-dealkylation sites (tertiary alicyclic amines) is 1. The summed E-state index contributed by atoms with van der Waals surface area (Å²) in [6.45, 7) is 4.39. The first-order valence-electron chi connectivity index (χ1n) is 4.61. The highest BCUT2D eigenvalue weighted by atomic mass is 15.1. The van der Waals surface area contributed by atoms with E-state index in [9.17, 15) is 0 Å². The number of aliphatic imine (C=N–C) groups is 1. The van der Waals surface area contributed by atoms with Crippen molar-refractivity contribution in [1.29, 1.82) is 0 Å². The highest BCUT2D eigenvalue weighted by Gasteiger charge is 2.15. The monoisotopic (exact) mass is 166 g/mol. The van der Waals surface area contributed by atoms with Gasteiger partial charge in [0.25, 0.3) is 0 Å². The lowest BCUT2D eigenvalue weighted by Gasteiger charge is -2.25. The number of hydrogen-bond donors (Lipinski definition) is 0. The van der Waals surface area contributed by atoms with Crippen LogP contribution in [-0.4, -0.2) is 37.8 Å². The summed E-state index contributed by atoms with van der Waals surface area (Å²) in [5, 5.41) is 0. The molecule has 0 aromatic carbocycles. The van der Waals surface area contributed by atoms with Crippen LogP contribution < -0.4 is 0 Å². The number of hydrogen-bond acceptors (Lipinski definition) is 2. The normalized spacial score (nSPS) is 26.9. The molecular formula is C10H18N2. The van der Waals surface area contributed by atoms with Gasteiger partial charge in [0.15, 0.2) is 0 Å². The van der Waals surface area contributed by atoms with Crippen molar-refractivity contribution in [2.24, 2.45) is 4.99 Å². The van der Waals surface area contributed by atoms with Gasteiger partial charge in [0.05, 0.1) is 0 Å². The summed E-state index contributed by atoms with van der Waals surface area (Å²) in [4.78, 5) is 6.65. The summed E-state index contributed by atoms with van der Waals surface area (Å²) in [6, 6.07) is 0. The predicted octanol–water partition coefficient (Wildman–Crippen LogP) is 1.73. The summed E-state index contributed by atoms with van der Waals surface area (Å²) in [6.07, 6.45) is 4.51. The first-order chi connectivity index (χ1) is 5.77. The molecule has 0 unspecified atom stereocenters. The largest absolute Gasteiger partial charge is 0.302 e. The number of piperidine rings is 1. The van der Waals surface area contributed by atoms with Crippen molar-refractivity contribution in [1.82, 2.24) is 4.90 Å². The zero-order chi connectivity index (χ0) is 8.97. The van der Waals surface area contributed by atoms with Crippen LogP contribution in [0.5, 0.6) is 0 Å². The van der Waals surface area contributed by atoms with Crippen molar-refractivity contribution >= 4 is 5.71 Å². The Balaban J connectivity index is 2.71. The van der Waals surface area contributed by atoms with Crippen molar-refractivity contribution in [2.75, 3.05) is 27.2 Å². The molecule has 12 heavy (non-hydrogen) atoms. The van der Waals surface area contributed by atoms with Gasteiger partial charge in [0.1, 0.15) is 0 Å². The Morgan fingerprint density at radius 1 is 1.58 bits per heavy atom. The maximum absolute atomic E-state index is 4.30. The summed E-state index contributed by atoms with van der Waals surface area (Å²) in [5.41, 5.74) is 2.73. The Morgan fingerprint density at radius 2 is 2.33 bits per heavy atom. The van der Waals surface area contributed by atoms with E-state index in [0.717, 1.165) is 25.9 Å². The van der Waals surface area contributed by atoms with Gasteiger partial charge in [0, 0.05) is 32.3 Å². The van der Waals surface area contributed by atoms with E-state index in [0.29, 0.717) is 0 Å². The molecule has 2 heteroatoms. The third-order valence-corrected chi connectivity index (χ3v) is 2.26. The summed E-state index contributed by atoms with van der Waals surface area (Å²) in [7, 11) is 4.06. The lowest BCUT2D eigenvalue weighted by Crippen LogP contribution is -2.32. The minimum Gasteiger partial charge on any atom is -0.302 e. The molecule has 0 aromatic rings. The molecule has 68 valence electrons. The van der Waals surface area contributed by atoms with Crippen LogP contribution in [0.25, 0.3) is 0 Å². The standard InChI is InChI=1S/C10H18N2/c1-4-5-9-8-12(3)7-6-10(9)11-2/h5H,4,6-8H2,1-3H3/b9-5-,11-10?. The molecule has 1 rings (SSSR count). The third kappa shape index (κ3) is 2.18. The maximum Gasteiger partial charge on any atom is 0.0399 e. The second-order valence-corrected chi connectivity index (χ2v) is 3.30. The number of rotatable bonds is 1. The smallest absolute Gasteiger partial charge is 0.0399 e. The minimum atomic E-state index is 1.07. The van der Waals surface area contributed by atoms with Crippen molar-refractivity contribution < 1.29 is 0 Å². The minimum absolute atomic E-state index is 1.07. The topological polar surface area (TPSA) is 15.6 Å². The first-order valence-corrected chi connectivity index (χ1v) is 4.61. The lowest BCUT2D eigenvalue weighted by atomic mass is 10.0. The fourth-order valence-electron chi connectivity index (χ4n) is 1.60. The van der Waals surface area contributed by atoms with E-state index in [1.165, 1.54) is 11.3 Å². The molecule has 0 saturated carbocycles. The summed E-state index contributed by atoms with van der Waals surface area (Å²) in [5.74, 6) is 0. The molecule has 2 nitrogen and oxygen atoms in total. The molecule has 0 spiro atoms. The van der Waals surface area contributed by atoms with Crippen LogP contribution >= 0.6 is 0 Å². The predicted molar refractivity (Wildman–Crippen MR) is 53.8 cm³/mol. The van der Waals surface area contributed by atoms with E-state index in [4.69, 9.17) is 0 Å². The SMILES string of the molecule is CC/C=C1/CN(C)CCC1=NC. The molecule has 0 amide bonds. The summed E-state index contributed by atoms with van der Waals surface area (Å²) < 4.78 is 0. The van der Waals surface area contributed by atoms with Gasteiger partial charge < -0.3 is 4.90 Å². The zero-order valence-electron chi connectivity index (χ0n) is 8.30. The van der Waals surface area contributed by atoms with Crippen LogP contribution in [0.2, 0.25) is 0 Å². The Hall–Kier alpha value is -0.630. The lowest BCUT2D eigenvalue weighted by molar-refractivity contribution is 0.364. The number of nitrogens with zero attached hydrogens (tertiary/aromatic N) is 2. The molecular weight excluding hydrogens is 148 g/mol. The quantitative estimate of drug-likeness (QED) is 0.579. The molecule has 1 heterocycles. The van der Waals surface area contributed by atoms with Crippen LogP contribution in [0.3, 0.4) is 0 Å². The third-order valence-electron chi connectivity index (χ3n) is 2.26. The molecule has 0 N–H and O–H groups in total. The van der Waals surface area contributed by atoms with Crippen LogP contribution in [0, 0.1) is 0 Å². The first kappa shape index (κ1) is 9.46. The van der Waals surface area contributed by atoms with E-state index < -0.39 is 0 Å². The second-order valence-electron chi connectivity index (χ2n) is 3.30. The van der Waals surface area contributed by atoms with Gasteiger partial charge in [-0.25, -0.2) is 0 Å². The van der Waals surface area contributed by atoms with E-state index in [2.05, 4.69) is 29.9 Å². The average Bonchev–Trinajstić information content (AvgIpc) is 2.05. The molecule has 0 bridgehead atoms. The van der Waals surface area contributed by atoms with Crippen LogP contribution in [-0.2, 0) is 0 Å². The van der Waals surface area contributed by atoms with Crippen molar-refractivity contribution in [3.05, 3.63) is 11.6 Å². The van der Waals surface area contributed by atoms with Gasteiger partial charge in [-0.3, -0.25) is 4.99 Å². The van der Waals surface area contributed by atoms with Crippen molar-refractivity contribution in [3.63, 3.8) is 0 Å². The Labute approximate surface area is 75.0 Å². The fourth-order valence-corrected chi connectivity index (χ4v) is 1.60. The van der Waals surface area contributed by atoms with Crippen LogP contribution in [0.1, 0.15) is 19.8 Å². The molecule has 0 aromatic heterocycles. The average molecular weight is 166 g/mol. The van der Waals surface area contributed by atoms with E-state index in [1.807, 2.05) is 7.05 Å². The van der Waals surface area contributed by atoms with Gasteiger partial charge in [-0.1, -0.05) is 13.0 Å². The molecule has 1 aliphatic rings. The highest BCUT2D eigenvalue weighted by molar-refractivity contribution is 6.01. The van der Waals surface area contributed by atoms with Crippen molar-refractivity contribution in [2.45, 2.75) is 19.8 Å². The number of likely N-dealkylation sites (N-methyl/N-ethyl adjacent to an activating group) is 1. The van der Waals surface area contributed by atoms with Crippen molar-refractivity contribution in [3.8, 4) is 0 Å². The molecule has 1 aliphatic heterocycles. The fraction of sp³-hybridized carbons (Fsp3) is 0.700. The maximum atomic E-state index is 4.30. The van der Waals surface area contributed by atoms with E-state index in [1.54, 1.807) is 0 Å². The van der Waals surface area contributed by atoms with Gasteiger partial charge >= 0.3 is 0 Å². The van der Waals surface area contributed by atoms with Gasteiger partial charge in [-0.05, 0) is 19.0 Å². The molecule has 0 atom stereocenters. The second kappa shape index (κ2) is 4.41.